The van der Waals surface area contributed by atoms with Crippen LogP contribution in [0.25, 0.3) is 12.2 Å². The van der Waals surface area contributed by atoms with Crippen LogP contribution in [0.3, 0.4) is 0 Å². The molecule has 2 aromatic rings. The van der Waals surface area contributed by atoms with Crippen molar-refractivity contribution in [1.82, 2.24) is 0 Å². The Morgan fingerprint density at radius 3 is 1.91 bits per heavy atom. The molecule has 0 atom stereocenters. The molecular weight excluding hydrogens is 416 g/mol. The van der Waals surface area contributed by atoms with Gasteiger partial charge >= 0.3 is 11.9 Å². The molecule has 0 aliphatic heterocycles. The third kappa shape index (κ3) is 8.43. The summed E-state index contributed by atoms with van der Waals surface area (Å²) < 4.78 is 14.6. The first-order chi connectivity index (χ1) is 15.2. The molecule has 8 heteroatoms. The normalized spacial score (nSPS) is 10.8. The summed E-state index contributed by atoms with van der Waals surface area (Å²) in [4.78, 5) is 21.9. The number of phenolic OH excluding ortho intramolecular Hbond substituents is 2. The summed E-state index contributed by atoms with van der Waals surface area (Å²) in [5.41, 5.74) is 1.75. The van der Waals surface area contributed by atoms with Gasteiger partial charge in [-0.15, -0.1) is 0 Å². The van der Waals surface area contributed by atoms with Crippen molar-refractivity contribution < 1.29 is 39.1 Å². The minimum atomic E-state index is -0.936. The predicted molar refractivity (Wildman–Crippen MR) is 121 cm³/mol. The Bertz CT molecular complexity index is 974. The lowest BCUT2D eigenvalue weighted by atomic mass is 10.1. The van der Waals surface area contributed by atoms with E-state index in [4.69, 9.17) is 19.3 Å². The fourth-order valence-electron chi connectivity index (χ4n) is 2.45. The minimum absolute atomic E-state index is 0.0352. The van der Waals surface area contributed by atoms with Crippen LogP contribution >= 0.6 is 0 Å². The fraction of sp³-hybridized carbons (Fsp3) is 0.250. The average molecular weight is 444 g/mol. The second-order valence-electron chi connectivity index (χ2n) is 6.28. The molecule has 0 saturated heterocycles. The SMILES string of the molecule is CC/C(=C\c1ccc(O)c(OC)c1)C(=O)O.CCOC(=O)/C=C/c1ccc(O)c(OC)c1. The van der Waals surface area contributed by atoms with Gasteiger partial charge in [0.15, 0.2) is 23.0 Å². The number of hydrogen-bond donors (Lipinski definition) is 3. The Morgan fingerprint density at radius 1 is 0.906 bits per heavy atom. The van der Waals surface area contributed by atoms with Gasteiger partial charge in [-0.1, -0.05) is 19.1 Å². The number of aliphatic carboxylic acids is 1. The number of carbonyl (C=O) groups is 2. The van der Waals surface area contributed by atoms with Crippen molar-refractivity contribution in [2.75, 3.05) is 20.8 Å². The number of carboxylic acids is 1. The Morgan fingerprint density at radius 2 is 1.44 bits per heavy atom. The highest BCUT2D eigenvalue weighted by molar-refractivity contribution is 5.92. The zero-order valence-corrected chi connectivity index (χ0v) is 18.5. The number of carboxylic acid groups (broad SMARTS) is 1. The van der Waals surface area contributed by atoms with Crippen LogP contribution in [0.2, 0.25) is 0 Å². The van der Waals surface area contributed by atoms with Crippen molar-refractivity contribution >= 4 is 24.1 Å². The summed E-state index contributed by atoms with van der Waals surface area (Å²) in [6.45, 7) is 3.87. The van der Waals surface area contributed by atoms with Crippen LogP contribution in [-0.4, -0.2) is 48.1 Å². The molecular formula is C24H28O8. The number of aromatic hydroxyl groups is 2. The molecule has 0 unspecified atom stereocenters. The van der Waals surface area contributed by atoms with Crippen molar-refractivity contribution in [3.8, 4) is 23.0 Å². The Hall–Kier alpha value is -3.94. The maximum Gasteiger partial charge on any atom is 0.331 e. The lowest BCUT2D eigenvalue weighted by molar-refractivity contribution is -0.137. The monoisotopic (exact) mass is 444 g/mol. The number of esters is 1. The molecule has 0 fully saturated rings. The van der Waals surface area contributed by atoms with Gasteiger partial charge in [-0.2, -0.15) is 0 Å². The van der Waals surface area contributed by atoms with Gasteiger partial charge in [0.2, 0.25) is 0 Å². The van der Waals surface area contributed by atoms with Crippen LogP contribution in [0.1, 0.15) is 31.4 Å². The molecule has 0 amide bonds. The van der Waals surface area contributed by atoms with Crippen LogP contribution in [0.4, 0.5) is 0 Å². The van der Waals surface area contributed by atoms with Gasteiger partial charge in [0.25, 0.3) is 0 Å². The van der Waals surface area contributed by atoms with Crippen LogP contribution in [0.15, 0.2) is 48.0 Å². The third-order valence-corrected chi connectivity index (χ3v) is 4.10. The molecule has 3 N–H and O–H groups in total. The van der Waals surface area contributed by atoms with Crippen molar-refractivity contribution in [3.05, 3.63) is 59.2 Å². The molecule has 2 aromatic carbocycles. The summed E-state index contributed by atoms with van der Waals surface area (Å²) in [5, 5.41) is 27.6. The minimum Gasteiger partial charge on any atom is -0.504 e. The van der Waals surface area contributed by atoms with E-state index in [2.05, 4.69) is 0 Å². The van der Waals surface area contributed by atoms with Gasteiger partial charge in [0, 0.05) is 11.6 Å². The van der Waals surface area contributed by atoms with Crippen molar-refractivity contribution in [2.45, 2.75) is 20.3 Å². The van der Waals surface area contributed by atoms with E-state index < -0.39 is 11.9 Å². The van der Waals surface area contributed by atoms with E-state index in [1.54, 1.807) is 50.3 Å². The molecule has 32 heavy (non-hydrogen) atoms. The van der Waals surface area contributed by atoms with Gasteiger partial charge < -0.3 is 29.5 Å². The summed E-state index contributed by atoms with van der Waals surface area (Å²) >= 11 is 0. The maximum atomic E-state index is 11.0. The maximum absolute atomic E-state index is 11.0. The predicted octanol–water partition coefficient (Wildman–Crippen LogP) is 4.26. The standard InChI is InChI=1S/2C12H14O4/c1-3-16-12(14)7-5-9-4-6-10(13)11(8-9)15-2;1-3-9(12(14)15)6-8-4-5-10(13)11(7-8)16-2/h4-8,13H,3H2,1-2H3;4-7,13H,3H2,1-2H3,(H,14,15)/b7-5+;9-6+. The van der Waals surface area contributed by atoms with Gasteiger partial charge in [-0.05, 0) is 60.9 Å². The fourth-order valence-corrected chi connectivity index (χ4v) is 2.45. The Kier molecular flexibility index (Phi) is 10.9. The highest BCUT2D eigenvalue weighted by Crippen LogP contribution is 2.28. The second-order valence-corrected chi connectivity index (χ2v) is 6.28. The van der Waals surface area contributed by atoms with Crippen LogP contribution in [-0.2, 0) is 14.3 Å². The zero-order chi connectivity index (χ0) is 24.1. The number of carbonyl (C=O) groups excluding carboxylic acids is 1. The number of benzene rings is 2. The molecule has 0 heterocycles. The van der Waals surface area contributed by atoms with Gasteiger partial charge in [-0.25, -0.2) is 9.59 Å². The van der Waals surface area contributed by atoms with Gasteiger partial charge in [0.05, 0.1) is 20.8 Å². The van der Waals surface area contributed by atoms with Gasteiger partial charge in [-0.3, -0.25) is 0 Å². The van der Waals surface area contributed by atoms with Crippen molar-refractivity contribution in [2.24, 2.45) is 0 Å². The highest BCUT2D eigenvalue weighted by atomic mass is 16.5. The first-order valence-corrected chi connectivity index (χ1v) is 9.78. The first-order valence-electron chi connectivity index (χ1n) is 9.78. The molecule has 0 spiro atoms. The topological polar surface area (TPSA) is 123 Å². The molecule has 0 bridgehead atoms. The molecule has 8 nitrogen and oxygen atoms in total. The van der Waals surface area contributed by atoms with E-state index in [1.165, 1.54) is 32.4 Å². The second kappa shape index (κ2) is 13.4. The first kappa shape index (κ1) is 26.1. The van der Waals surface area contributed by atoms with Crippen LogP contribution in [0.5, 0.6) is 23.0 Å². The molecule has 0 aliphatic rings. The van der Waals surface area contributed by atoms with Crippen molar-refractivity contribution in [1.29, 1.82) is 0 Å². The number of phenols is 2. The summed E-state index contributed by atoms with van der Waals surface area (Å²) in [6, 6.07) is 9.51. The number of methoxy groups -OCH3 is 2. The van der Waals surface area contributed by atoms with E-state index in [1.807, 2.05) is 0 Å². The smallest absolute Gasteiger partial charge is 0.331 e. The molecule has 2 rings (SSSR count). The number of rotatable bonds is 8. The Balaban J connectivity index is 0.000000320. The summed E-state index contributed by atoms with van der Waals surface area (Å²) in [6.07, 6.45) is 4.93. The van der Waals surface area contributed by atoms with E-state index in [9.17, 15) is 19.8 Å². The average Bonchev–Trinajstić information content (AvgIpc) is 2.78. The molecule has 0 saturated carbocycles. The quantitative estimate of drug-likeness (QED) is 0.408. The Labute approximate surface area is 187 Å². The number of ether oxygens (including phenoxy) is 3. The lowest BCUT2D eigenvalue weighted by Crippen LogP contribution is -1.98. The molecule has 0 aromatic heterocycles. The largest absolute Gasteiger partial charge is 0.504 e. The van der Waals surface area contributed by atoms with Crippen LogP contribution in [0, 0.1) is 0 Å². The van der Waals surface area contributed by atoms with E-state index >= 15 is 0 Å². The lowest BCUT2D eigenvalue weighted by Gasteiger charge is -2.04. The summed E-state index contributed by atoms with van der Waals surface area (Å²) in [5.74, 6) is -0.534. The van der Waals surface area contributed by atoms with E-state index in [-0.39, 0.29) is 11.5 Å². The number of hydrogen-bond acceptors (Lipinski definition) is 7. The van der Waals surface area contributed by atoms with E-state index in [0.29, 0.717) is 35.7 Å². The third-order valence-electron chi connectivity index (χ3n) is 4.10. The van der Waals surface area contributed by atoms with Crippen molar-refractivity contribution in [3.63, 3.8) is 0 Å². The molecule has 0 aliphatic carbocycles. The van der Waals surface area contributed by atoms with Crippen LogP contribution < -0.4 is 9.47 Å². The highest BCUT2D eigenvalue weighted by Gasteiger charge is 2.06. The molecule has 172 valence electrons. The van der Waals surface area contributed by atoms with Gasteiger partial charge in [0.1, 0.15) is 0 Å². The van der Waals surface area contributed by atoms with E-state index in [0.717, 1.165) is 5.56 Å². The zero-order valence-electron chi connectivity index (χ0n) is 18.5. The molecule has 0 radical (unpaired) electrons. The summed E-state index contributed by atoms with van der Waals surface area (Å²) in [7, 11) is 2.91.